The Morgan fingerprint density at radius 3 is 2.66 bits per heavy atom. The predicted molar refractivity (Wildman–Crippen MR) is 145 cm³/mol. The average Bonchev–Trinajstić information content (AvgIpc) is 3.29. The second kappa shape index (κ2) is 11.7. The molecule has 0 aliphatic heterocycles. The molecular formula is C28H30N6O4. The molecule has 0 saturated heterocycles. The lowest BCUT2D eigenvalue weighted by Gasteiger charge is -2.14. The summed E-state index contributed by atoms with van der Waals surface area (Å²) in [6, 6.07) is 6.78. The molecule has 0 aliphatic rings. The number of nitrogens with one attached hydrogen (secondary N) is 1. The lowest BCUT2D eigenvalue weighted by atomic mass is 10.0. The van der Waals surface area contributed by atoms with Gasteiger partial charge in [0.2, 0.25) is 11.8 Å². The van der Waals surface area contributed by atoms with Gasteiger partial charge >= 0.3 is 5.97 Å². The highest BCUT2D eigenvalue weighted by atomic mass is 16.5. The van der Waals surface area contributed by atoms with Gasteiger partial charge in [-0.05, 0) is 42.2 Å². The first-order valence-corrected chi connectivity index (χ1v) is 12.1. The van der Waals surface area contributed by atoms with E-state index in [4.69, 9.17) is 15.2 Å². The zero-order valence-electron chi connectivity index (χ0n) is 21.5. The molecule has 1 amide bonds. The number of hydrogen-bond donors (Lipinski definition) is 2. The highest BCUT2D eigenvalue weighted by molar-refractivity contribution is 5.99. The first kappa shape index (κ1) is 26.5. The third-order valence-electron chi connectivity index (χ3n) is 5.87. The van der Waals surface area contributed by atoms with Gasteiger partial charge in [0.25, 0.3) is 0 Å². The first-order valence-electron chi connectivity index (χ1n) is 12.1. The molecule has 1 atom stereocenters. The molecule has 4 aromatic rings. The van der Waals surface area contributed by atoms with Crippen LogP contribution in [0.2, 0.25) is 0 Å². The smallest absolute Gasteiger partial charge is 0.324 e. The number of ether oxygens (including phenoxy) is 2. The van der Waals surface area contributed by atoms with Gasteiger partial charge in [-0.15, -0.1) is 0 Å². The number of hydrogen-bond acceptors (Lipinski definition) is 8. The molecule has 0 radical (unpaired) electrons. The molecule has 10 nitrogen and oxygen atoms in total. The largest absolute Gasteiger partial charge is 0.481 e. The van der Waals surface area contributed by atoms with Crippen LogP contribution in [0, 0.1) is 5.92 Å². The SMILES string of the molecule is C=CC(=O)Nc1cncc(-c2cnc3c(c2)c(-c2ccnc(OC)c2)cn3COC(=O)C(N)CC(C)C)c1. The van der Waals surface area contributed by atoms with Gasteiger partial charge in [0.05, 0.1) is 19.0 Å². The third-order valence-corrected chi connectivity index (χ3v) is 5.87. The molecule has 4 heterocycles. The molecular weight excluding hydrogens is 484 g/mol. The quantitative estimate of drug-likeness (QED) is 0.238. The van der Waals surface area contributed by atoms with Crippen LogP contribution in [0.1, 0.15) is 20.3 Å². The fourth-order valence-corrected chi connectivity index (χ4v) is 4.05. The van der Waals surface area contributed by atoms with Crippen LogP contribution in [-0.2, 0) is 21.1 Å². The normalized spacial score (nSPS) is 11.8. The summed E-state index contributed by atoms with van der Waals surface area (Å²) in [7, 11) is 1.56. The van der Waals surface area contributed by atoms with Crippen molar-refractivity contribution in [3.8, 4) is 28.1 Å². The number of fused-ring (bicyclic) bond motifs is 1. The Kier molecular flexibility index (Phi) is 8.12. The second-order valence-corrected chi connectivity index (χ2v) is 9.18. The molecule has 0 spiro atoms. The van der Waals surface area contributed by atoms with Gasteiger partial charge in [-0.1, -0.05) is 20.4 Å². The van der Waals surface area contributed by atoms with E-state index in [1.165, 1.54) is 6.08 Å². The maximum Gasteiger partial charge on any atom is 0.324 e. The van der Waals surface area contributed by atoms with Crippen LogP contribution in [0.3, 0.4) is 0 Å². The Balaban J connectivity index is 1.74. The number of aromatic nitrogens is 4. The van der Waals surface area contributed by atoms with Crippen molar-refractivity contribution in [2.45, 2.75) is 33.0 Å². The van der Waals surface area contributed by atoms with Crippen molar-refractivity contribution in [1.82, 2.24) is 19.5 Å². The maximum absolute atomic E-state index is 12.5. The summed E-state index contributed by atoms with van der Waals surface area (Å²) in [4.78, 5) is 37.3. The Labute approximate surface area is 220 Å². The summed E-state index contributed by atoms with van der Waals surface area (Å²) in [6.45, 7) is 7.44. The number of carbonyl (C=O) groups is 2. The predicted octanol–water partition coefficient (Wildman–Crippen LogP) is 4.17. The molecule has 10 heteroatoms. The Hall–Kier alpha value is -4.57. The van der Waals surface area contributed by atoms with Gasteiger partial charge in [-0.2, -0.15) is 0 Å². The molecule has 0 bridgehead atoms. The standard InChI is InChI=1S/C28H30N6O4/c1-5-25(35)33-21-9-19(12-30-14-21)20-10-22-23(18-6-7-31-26(11-18)37-4)15-34(27(22)32-13-20)16-38-28(36)24(29)8-17(2)3/h5-7,9-15,17,24H,1,8,16,29H2,2-4H3,(H,33,35). The van der Waals surface area contributed by atoms with Crippen molar-refractivity contribution < 1.29 is 19.1 Å². The van der Waals surface area contributed by atoms with Crippen LogP contribution >= 0.6 is 0 Å². The first-order chi connectivity index (χ1) is 18.3. The van der Waals surface area contributed by atoms with Gasteiger partial charge in [-0.25, -0.2) is 9.97 Å². The average molecular weight is 515 g/mol. The number of anilines is 1. The number of carbonyl (C=O) groups excluding carboxylic acids is 2. The lowest BCUT2D eigenvalue weighted by Crippen LogP contribution is -2.33. The Morgan fingerprint density at radius 1 is 1.13 bits per heavy atom. The van der Waals surface area contributed by atoms with Crippen molar-refractivity contribution in [1.29, 1.82) is 0 Å². The van der Waals surface area contributed by atoms with Crippen LogP contribution < -0.4 is 15.8 Å². The monoisotopic (exact) mass is 514 g/mol. The number of esters is 1. The van der Waals surface area contributed by atoms with Gasteiger partial charge in [-0.3, -0.25) is 19.1 Å². The van der Waals surface area contributed by atoms with Crippen LogP contribution in [0.5, 0.6) is 5.88 Å². The van der Waals surface area contributed by atoms with E-state index in [9.17, 15) is 9.59 Å². The Morgan fingerprint density at radius 2 is 1.92 bits per heavy atom. The van der Waals surface area contributed by atoms with Crippen molar-refractivity contribution in [2.24, 2.45) is 11.7 Å². The molecule has 3 N–H and O–H groups in total. The van der Waals surface area contributed by atoms with E-state index < -0.39 is 12.0 Å². The van der Waals surface area contributed by atoms with E-state index in [-0.39, 0.29) is 18.6 Å². The van der Waals surface area contributed by atoms with Crippen molar-refractivity contribution in [3.63, 3.8) is 0 Å². The Bertz CT molecular complexity index is 1480. The van der Waals surface area contributed by atoms with Crippen LogP contribution in [-0.4, -0.2) is 44.5 Å². The van der Waals surface area contributed by atoms with E-state index in [1.54, 1.807) is 42.5 Å². The molecule has 0 fully saturated rings. The van der Waals surface area contributed by atoms with Crippen molar-refractivity contribution in [3.05, 3.63) is 67.9 Å². The van der Waals surface area contributed by atoms with E-state index in [1.807, 2.05) is 38.2 Å². The van der Waals surface area contributed by atoms with Crippen molar-refractivity contribution in [2.75, 3.05) is 12.4 Å². The maximum atomic E-state index is 12.5. The number of amides is 1. The minimum Gasteiger partial charge on any atom is -0.481 e. The summed E-state index contributed by atoms with van der Waals surface area (Å²) < 4.78 is 12.6. The number of nitrogens with two attached hydrogens (primary N) is 1. The summed E-state index contributed by atoms with van der Waals surface area (Å²) in [6.07, 6.45) is 10.2. The minimum atomic E-state index is -0.693. The van der Waals surface area contributed by atoms with Gasteiger partial charge in [0, 0.05) is 52.9 Å². The van der Waals surface area contributed by atoms with Crippen molar-refractivity contribution >= 4 is 28.6 Å². The molecule has 4 rings (SSSR count). The third kappa shape index (κ3) is 6.04. The minimum absolute atomic E-state index is 0.0413. The number of pyridine rings is 3. The lowest BCUT2D eigenvalue weighted by molar-refractivity contribution is -0.149. The van der Waals surface area contributed by atoms with Crippen LogP contribution in [0.4, 0.5) is 5.69 Å². The highest BCUT2D eigenvalue weighted by Crippen LogP contribution is 2.34. The zero-order chi connectivity index (χ0) is 27.2. The second-order valence-electron chi connectivity index (χ2n) is 9.18. The van der Waals surface area contributed by atoms with E-state index in [2.05, 4.69) is 26.8 Å². The van der Waals surface area contributed by atoms with E-state index >= 15 is 0 Å². The molecule has 0 aliphatic carbocycles. The number of rotatable bonds is 10. The molecule has 0 aromatic carbocycles. The molecule has 4 aromatic heterocycles. The summed E-state index contributed by atoms with van der Waals surface area (Å²) in [5, 5.41) is 3.54. The number of methoxy groups -OCH3 is 1. The highest BCUT2D eigenvalue weighted by Gasteiger charge is 2.19. The van der Waals surface area contributed by atoms with Crippen LogP contribution in [0.15, 0.2) is 67.9 Å². The summed E-state index contributed by atoms with van der Waals surface area (Å²) in [5.41, 5.74) is 10.4. The summed E-state index contributed by atoms with van der Waals surface area (Å²) >= 11 is 0. The fourth-order valence-electron chi connectivity index (χ4n) is 4.05. The molecule has 0 saturated carbocycles. The number of nitrogens with zero attached hydrogens (tertiary/aromatic N) is 4. The fraction of sp³-hybridized carbons (Fsp3) is 0.250. The van der Waals surface area contributed by atoms with Gasteiger partial charge < -0.3 is 20.5 Å². The van der Waals surface area contributed by atoms with E-state index in [0.29, 0.717) is 23.6 Å². The van der Waals surface area contributed by atoms with Gasteiger partial charge in [0.1, 0.15) is 11.7 Å². The molecule has 196 valence electrons. The molecule has 38 heavy (non-hydrogen) atoms. The van der Waals surface area contributed by atoms with Gasteiger partial charge in [0.15, 0.2) is 6.73 Å². The molecule has 1 unspecified atom stereocenters. The topological polar surface area (TPSA) is 134 Å². The van der Waals surface area contributed by atoms with Crippen LogP contribution in [0.25, 0.3) is 33.3 Å². The van der Waals surface area contributed by atoms with E-state index in [0.717, 1.165) is 27.6 Å². The summed E-state index contributed by atoms with van der Waals surface area (Å²) in [5.74, 6) is -0.0511. The zero-order valence-corrected chi connectivity index (χ0v) is 21.5.